The Hall–Kier alpha value is -3.49. The summed E-state index contributed by atoms with van der Waals surface area (Å²) in [6.45, 7) is 0.987. The van der Waals surface area contributed by atoms with E-state index in [-0.39, 0.29) is 21.4 Å². The SMILES string of the molecule is COc1ccc(NS(=O)(=O)c2cc(C(=O)N3CCc4[nH]c5ccccc5c4C3)ccc2Cl)cc1. The van der Waals surface area contributed by atoms with Gasteiger partial charge in [0.2, 0.25) is 0 Å². The van der Waals surface area contributed by atoms with Crippen molar-refractivity contribution in [3.63, 3.8) is 0 Å². The Kier molecular flexibility index (Phi) is 5.71. The number of H-pyrrole nitrogens is 1. The number of rotatable bonds is 5. The van der Waals surface area contributed by atoms with Gasteiger partial charge >= 0.3 is 0 Å². The van der Waals surface area contributed by atoms with E-state index in [4.69, 9.17) is 16.3 Å². The standard InChI is InChI=1S/C25H22ClN3O4S/c1-33-18-9-7-17(8-10-18)28-34(31,32)24-14-16(6-11-21(24)26)25(30)29-13-12-23-20(15-29)19-4-2-3-5-22(19)27-23/h2-11,14,27-28H,12-13,15H2,1H3. The molecule has 0 atom stereocenters. The summed E-state index contributed by atoms with van der Waals surface area (Å²) in [5, 5.41) is 1.13. The molecule has 0 bridgehead atoms. The number of anilines is 1. The molecular weight excluding hydrogens is 474 g/mol. The minimum atomic E-state index is -4.02. The molecule has 34 heavy (non-hydrogen) atoms. The summed E-state index contributed by atoms with van der Waals surface area (Å²) in [6, 6.07) is 18.8. The lowest BCUT2D eigenvalue weighted by Crippen LogP contribution is -2.35. The zero-order chi connectivity index (χ0) is 23.9. The van der Waals surface area contributed by atoms with E-state index < -0.39 is 10.0 Å². The molecule has 0 saturated heterocycles. The van der Waals surface area contributed by atoms with Crippen LogP contribution in [0, 0.1) is 0 Å². The number of aromatic nitrogens is 1. The highest BCUT2D eigenvalue weighted by molar-refractivity contribution is 7.92. The Bertz CT molecular complexity index is 1500. The smallest absolute Gasteiger partial charge is 0.263 e. The van der Waals surface area contributed by atoms with Crippen molar-refractivity contribution in [2.75, 3.05) is 18.4 Å². The number of nitrogens with zero attached hydrogens (tertiary/aromatic N) is 1. The van der Waals surface area contributed by atoms with Gasteiger partial charge in [0.1, 0.15) is 10.6 Å². The highest BCUT2D eigenvalue weighted by Crippen LogP contribution is 2.30. The highest BCUT2D eigenvalue weighted by Gasteiger charge is 2.27. The van der Waals surface area contributed by atoms with Gasteiger partial charge in [-0.15, -0.1) is 0 Å². The highest BCUT2D eigenvalue weighted by atomic mass is 35.5. The summed E-state index contributed by atoms with van der Waals surface area (Å²) in [4.78, 5) is 18.3. The van der Waals surface area contributed by atoms with Crippen LogP contribution in [0.25, 0.3) is 10.9 Å². The fourth-order valence-electron chi connectivity index (χ4n) is 4.23. The first-order valence-corrected chi connectivity index (χ1v) is 12.6. The average molecular weight is 496 g/mol. The van der Waals surface area contributed by atoms with Crippen molar-refractivity contribution in [2.24, 2.45) is 0 Å². The van der Waals surface area contributed by atoms with Crippen LogP contribution in [0.3, 0.4) is 0 Å². The van der Waals surface area contributed by atoms with Gasteiger partial charge in [-0.25, -0.2) is 8.42 Å². The quantitative estimate of drug-likeness (QED) is 0.415. The number of sulfonamides is 1. The molecule has 5 rings (SSSR count). The Morgan fingerprint density at radius 3 is 2.62 bits per heavy atom. The third kappa shape index (κ3) is 4.10. The van der Waals surface area contributed by atoms with Crippen LogP contribution in [0.4, 0.5) is 5.69 Å². The van der Waals surface area contributed by atoms with Crippen LogP contribution in [-0.2, 0) is 23.0 Å². The van der Waals surface area contributed by atoms with E-state index in [2.05, 4.69) is 9.71 Å². The second-order valence-electron chi connectivity index (χ2n) is 8.08. The molecule has 0 fully saturated rings. The molecule has 2 N–H and O–H groups in total. The zero-order valence-electron chi connectivity index (χ0n) is 18.3. The van der Waals surface area contributed by atoms with Crippen LogP contribution < -0.4 is 9.46 Å². The zero-order valence-corrected chi connectivity index (χ0v) is 19.9. The van der Waals surface area contributed by atoms with E-state index in [1.807, 2.05) is 24.3 Å². The maximum absolute atomic E-state index is 13.3. The third-order valence-corrected chi connectivity index (χ3v) is 7.84. The molecule has 1 aromatic heterocycles. The van der Waals surface area contributed by atoms with Crippen LogP contribution >= 0.6 is 11.6 Å². The summed E-state index contributed by atoms with van der Waals surface area (Å²) >= 11 is 6.23. The molecule has 1 aliphatic heterocycles. The number of nitrogens with one attached hydrogen (secondary N) is 2. The maximum Gasteiger partial charge on any atom is 0.263 e. The number of carbonyl (C=O) groups is 1. The first-order valence-electron chi connectivity index (χ1n) is 10.7. The molecule has 9 heteroatoms. The summed E-state index contributed by atoms with van der Waals surface area (Å²) in [5.74, 6) is 0.363. The summed E-state index contributed by atoms with van der Waals surface area (Å²) < 4.78 is 33.7. The van der Waals surface area contributed by atoms with Gasteiger partial charge < -0.3 is 14.6 Å². The Morgan fingerprint density at radius 1 is 1.09 bits per heavy atom. The summed E-state index contributed by atoms with van der Waals surface area (Å²) in [6.07, 6.45) is 0.702. The fraction of sp³-hybridized carbons (Fsp3) is 0.160. The molecule has 0 unspecified atom stereocenters. The van der Waals surface area contributed by atoms with E-state index in [0.29, 0.717) is 30.9 Å². The van der Waals surface area contributed by atoms with Gasteiger partial charge in [-0.1, -0.05) is 29.8 Å². The Morgan fingerprint density at radius 2 is 1.85 bits per heavy atom. The number of aromatic amines is 1. The lowest BCUT2D eigenvalue weighted by atomic mass is 10.0. The minimum Gasteiger partial charge on any atom is -0.497 e. The number of benzene rings is 3. The van der Waals surface area contributed by atoms with E-state index in [0.717, 1.165) is 22.2 Å². The average Bonchev–Trinajstić information content (AvgIpc) is 3.22. The topological polar surface area (TPSA) is 91.5 Å². The van der Waals surface area contributed by atoms with Crippen LogP contribution in [0.1, 0.15) is 21.6 Å². The van der Waals surface area contributed by atoms with Crippen LogP contribution in [0.5, 0.6) is 5.75 Å². The van der Waals surface area contributed by atoms with Crippen molar-refractivity contribution < 1.29 is 17.9 Å². The number of methoxy groups -OCH3 is 1. The minimum absolute atomic E-state index is 0.0371. The second kappa shape index (κ2) is 8.70. The van der Waals surface area contributed by atoms with Crippen LogP contribution in [-0.4, -0.2) is 37.9 Å². The number of halogens is 1. The molecule has 1 amide bonds. The van der Waals surface area contributed by atoms with Gasteiger partial charge in [0.25, 0.3) is 15.9 Å². The number of carbonyl (C=O) groups excluding carboxylic acids is 1. The largest absolute Gasteiger partial charge is 0.497 e. The van der Waals surface area contributed by atoms with E-state index >= 15 is 0 Å². The Labute approximate surface area is 202 Å². The van der Waals surface area contributed by atoms with E-state index in [1.54, 1.807) is 35.2 Å². The molecule has 7 nitrogen and oxygen atoms in total. The maximum atomic E-state index is 13.3. The molecule has 174 valence electrons. The number of hydrogen-bond acceptors (Lipinski definition) is 4. The van der Waals surface area contributed by atoms with Crippen molar-refractivity contribution in [2.45, 2.75) is 17.9 Å². The van der Waals surface area contributed by atoms with Crippen molar-refractivity contribution in [3.05, 3.63) is 88.6 Å². The normalized spacial score (nSPS) is 13.5. The molecule has 0 aliphatic carbocycles. The van der Waals surface area contributed by atoms with E-state index in [9.17, 15) is 13.2 Å². The molecular formula is C25H22ClN3O4S. The predicted molar refractivity (Wildman–Crippen MR) is 132 cm³/mol. The van der Waals surface area contributed by atoms with E-state index in [1.165, 1.54) is 19.2 Å². The van der Waals surface area contributed by atoms with Crippen molar-refractivity contribution in [1.29, 1.82) is 0 Å². The summed E-state index contributed by atoms with van der Waals surface area (Å²) in [7, 11) is -2.49. The van der Waals surface area contributed by atoms with Crippen LogP contribution in [0.2, 0.25) is 5.02 Å². The lowest BCUT2D eigenvalue weighted by Gasteiger charge is -2.27. The molecule has 0 saturated carbocycles. The predicted octanol–water partition coefficient (Wildman–Crippen LogP) is 4.83. The lowest BCUT2D eigenvalue weighted by molar-refractivity contribution is 0.0735. The van der Waals surface area contributed by atoms with Gasteiger partial charge in [-0.2, -0.15) is 0 Å². The number of amides is 1. The summed E-state index contributed by atoms with van der Waals surface area (Å²) in [5.41, 5.74) is 3.90. The van der Waals surface area contributed by atoms with Crippen molar-refractivity contribution in [1.82, 2.24) is 9.88 Å². The monoisotopic (exact) mass is 495 g/mol. The first-order chi connectivity index (χ1) is 16.4. The number of para-hydroxylation sites is 1. The Balaban J connectivity index is 1.41. The van der Waals surface area contributed by atoms with Gasteiger partial charge in [0.15, 0.2) is 0 Å². The number of hydrogen-bond donors (Lipinski definition) is 2. The number of ether oxygens (including phenoxy) is 1. The van der Waals surface area contributed by atoms with Gasteiger partial charge in [0, 0.05) is 52.9 Å². The molecule has 0 radical (unpaired) electrons. The van der Waals surface area contributed by atoms with Gasteiger partial charge in [-0.05, 0) is 48.5 Å². The third-order valence-electron chi connectivity index (χ3n) is 5.98. The second-order valence-corrected chi connectivity index (χ2v) is 10.1. The molecule has 3 aromatic carbocycles. The first kappa shape index (κ1) is 22.3. The van der Waals surface area contributed by atoms with Gasteiger partial charge in [-0.3, -0.25) is 9.52 Å². The fourth-order valence-corrected chi connectivity index (χ4v) is 5.82. The van der Waals surface area contributed by atoms with Crippen molar-refractivity contribution in [3.8, 4) is 5.75 Å². The molecule has 4 aromatic rings. The molecule has 1 aliphatic rings. The van der Waals surface area contributed by atoms with Gasteiger partial charge in [0.05, 0.1) is 12.1 Å². The van der Waals surface area contributed by atoms with Crippen LogP contribution in [0.15, 0.2) is 71.6 Å². The number of fused-ring (bicyclic) bond motifs is 3. The van der Waals surface area contributed by atoms with Crippen molar-refractivity contribution >= 4 is 44.1 Å². The molecule has 0 spiro atoms. The molecule has 2 heterocycles.